The van der Waals surface area contributed by atoms with Crippen LogP contribution in [0.15, 0.2) is 36.7 Å². The van der Waals surface area contributed by atoms with Gasteiger partial charge in [0.2, 0.25) is 0 Å². The molecule has 2 aromatic heterocycles. The molecule has 0 saturated carbocycles. The Balaban J connectivity index is 1.61. The topological polar surface area (TPSA) is 29.9 Å². The van der Waals surface area contributed by atoms with Crippen LogP contribution in [0, 0.1) is 6.92 Å². The molecular weight excluding hydrogens is 290 g/mol. The lowest BCUT2D eigenvalue weighted by atomic mass is 10.2. The molecule has 104 valence electrons. The van der Waals surface area contributed by atoms with Crippen molar-refractivity contribution in [2.75, 3.05) is 11.9 Å². The number of nitrogens with one attached hydrogen (secondary N) is 1. The first-order valence-corrected chi connectivity index (χ1v) is 7.83. The van der Waals surface area contributed by atoms with Gasteiger partial charge in [-0.3, -0.25) is 0 Å². The second-order valence-electron chi connectivity index (χ2n) is 4.79. The number of halogens is 1. The van der Waals surface area contributed by atoms with E-state index in [1.807, 2.05) is 31.2 Å². The first-order valence-electron chi connectivity index (χ1n) is 6.64. The van der Waals surface area contributed by atoms with Gasteiger partial charge in [-0.25, -0.2) is 4.98 Å². The summed E-state index contributed by atoms with van der Waals surface area (Å²) in [7, 11) is 0. The number of benzene rings is 1. The molecule has 3 aromatic rings. The molecule has 0 aliphatic heterocycles. The number of rotatable bonds is 5. The number of thiazole rings is 1. The van der Waals surface area contributed by atoms with Crippen molar-refractivity contribution in [3.63, 3.8) is 0 Å². The van der Waals surface area contributed by atoms with Crippen molar-refractivity contribution in [1.29, 1.82) is 0 Å². The lowest BCUT2D eigenvalue weighted by Crippen LogP contribution is -2.05. The van der Waals surface area contributed by atoms with Crippen LogP contribution in [0.2, 0.25) is 5.02 Å². The van der Waals surface area contributed by atoms with E-state index in [0.29, 0.717) is 0 Å². The minimum Gasteiger partial charge on any atom is -0.361 e. The van der Waals surface area contributed by atoms with Gasteiger partial charge in [0.15, 0.2) is 5.13 Å². The third kappa shape index (κ3) is 2.97. The van der Waals surface area contributed by atoms with Crippen LogP contribution in [0.4, 0.5) is 5.13 Å². The van der Waals surface area contributed by atoms with Gasteiger partial charge in [-0.15, -0.1) is 0 Å². The van der Waals surface area contributed by atoms with Gasteiger partial charge in [0.25, 0.3) is 0 Å². The van der Waals surface area contributed by atoms with Gasteiger partial charge >= 0.3 is 0 Å². The summed E-state index contributed by atoms with van der Waals surface area (Å²) in [6.07, 6.45) is 5.25. The van der Waals surface area contributed by atoms with Crippen LogP contribution in [-0.2, 0) is 6.54 Å². The zero-order valence-electron chi connectivity index (χ0n) is 11.3. The van der Waals surface area contributed by atoms with E-state index in [1.54, 1.807) is 11.3 Å². The molecule has 0 fully saturated rings. The van der Waals surface area contributed by atoms with Gasteiger partial charge in [-0.1, -0.05) is 22.9 Å². The van der Waals surface area contributed by atoms with Crippen LogP contribution in [0.3, 0.4) is 0 Å². The Morgan fingerprint density at radius 2 is 2.10 bits per heavy atom. The van der Waals surface area contributed by atoms with Crippen molar-refractivity contribution in [3.8, 4) is 0 Å². The zero-order chi connectivity index (χ0) is 13.9. The summed E-state index contributed by atoms with van der Waals surface area (Å²) in [5, 5.41) is 5.14. The molecule has 2 heterocycles. The SMILES string of the molecule is Cc1cc(Cl)cc2sc(NCCCn3cccc3)nc12. The molecule has 0 spiro atoms. The normalized spacial score (nSPS) is 11.1. The zero-order valence-corrected chi connectivity index (χ0v) is 12.8. The molecule has 1 aromatic carbocycles. The number of hydrogen-bond acceptors (Lipinski definition) is 3. The molecule has 0 radical (unpaired) electrons. The van der Waals surface area contributed by atoms with Crippen molar-refractivity contribution in [2.45, 2.75) is 19.9 Å². The molecular formula is C15H16ClN3S. The first kappa shape index (κ1) is 13.5. The fraction of sp³-hybridized carbons (Fsp3) is 0.267. The average Bonchev–Trinajstić information content (AvgIpc) is 3.03. The molecule has 0 saturated heterocycles. The maximum Gasteiger partial charge on any atom is 0.183 e. The molecule has 1 N–H and O–H groups in total. The van der Waals surface area contributed by atoms with Crippen molar-refractivity contribution in [1.82, 2.24) is 9.55 Å². The van der Waals surface area contributed by atoms with Gasteiger partial charge < -0.3 is 9.88 Å². The van der Waals surface area contributed by atoms with Crippen LogP contribution in [0.5, 0.6) is 0 Å². The van der Waals surface area contributed by atoms with Crippen molar-refractivity contribution in [3.05, 3.63) is 47.2 Å². The fourth-order valence-electron chi connectivity index (χ4n) is 2.21. The van der Waals surface area contributed by atoms with E-state index in [1.165, 1.54) is 0 Å². The number of fused-ring (bicyclic) bond motifs is 1. The summed E-state index contributed by atoms with van der Waals surface area (Å²) in [6, 6.07) is 8.03. The Bertz CT molecular complexity index is 703. The summed E-state index contributed by atoms with van der Waals surface area (Å²) >= 11 is 7.73. The second-order valence-corrected chi connectivity index (χ2v) is 6.26. The molecule has 0 bridgehead atoms. The van der Waals surface area contributed by atoms with E-state index < -0.39 is 0 Å². The van der Waals surface area contributed by atoms with Crippen molar-refractivity contribution in [2.24, 2.45) is 0 Å². The van der Waals surface area contributed by atoms with Crippen LogP contribution >= 0.6 is 22.9 Å². The Morgan fingerprint density at radius 3 is 2.90 bits per heavy atom. The highest BCUT2D eigenvalue weighted by Crippen LogP contribution is 2.30. The molecule has 3 nitrogen and oxygen atoms in total. The van der Waals surface area contributed by atoms with Crippen molar-refractivity contribution >= 4 is 38.3 Å². The smallest absolute Gasteiger partial charge is 0.183 e. The maximum atomic E-state index is 6.07. The Hall–Kier alpha value is -1.52. The molecule has 0 amide bonds. The second kappa shape index (κ2) is 5.85. The molecule has 0 aliphatic carbocycles. The van der Waals surface area contributed by atoms with E-state index >= 15 is 0 Å². The Morgan fingerprint density at radius 1 is 1.30 bits per heavy atom. The van der Waals surface area contributed by atoms with Crippen LogP contribution in [0.25, 0.3) is 10.2 Å². The standard InChI is InChI=1S/C15H16ClN3S/c1-11-9-12(16)10-13-14(11)18-15(20-13)17-5-4-8-19-6-2-3-7-19/h2-3,6-7,9-10H,4-5,8H2,1H3,(H,17,18). The maximum absolute atomic E-state index is 6.07. The highest BCUT2D eigenvalue weighted by Gasteiger charge is 2.07. The first-order chi connectivity index (χ1) is 9.72. The molecule has 3 rings (SSSR count). The van der Waals surface area contributed by atoms with Gasteiger partial charge in [-0.05, 0) is 43.2 Å². The predicted molar refractivity (Wildman–Crippen MR) is 86.9 cm³/mol. The van der Waals surface area contributed by atoms with E-state index in [0.717, 1.165) is 45.4 Å². The highest BCUT2D eigenvalue weighted by molar-refractivity contribution is 7.22. The number of anilines is 1. The van der Waals surface area contributed by atoms with E-state index in [4.69, 9.17) is 11.6 Å². The molecule has 5 heteroatoms. The third-order valence-electron chi connectivity index (χ3n) is 3.19. The van der Waals surface area contributed by atoms with Gasteiger partial charge in [0.05, 0.1) is 10.2 Å². The average molecular weight is 306 g/mol. The molecule has 0 unspecified atom stereocenters. The summed E-state index contributed by atoms with van der Waals surface area (Å²) in [5.41, 5.74) is 2.18. The summed E-state index contributed by atoms with van der Waals surface area (Å²) < 4.78 is 3.33. The van der Waals surface area contributed by atoms with Crippen molar-refractivity contribution < 1.29 is 0 Å². The number of aromatic nitrogens is 2. The van der Waals surface area contributed by atoms with E-state index in [2.05, 4.69) is 27.3 Å². The minimum atomic E-state index is 0.776. The fourth-order valence-corrected chi connectivity index (χ4v) is 3.55. The summed E-state index contributed by atoms with van der Waals surface area (Å²) in [5.74, 6) is 0. The van der Waals surface area contributed by atoms with Gasteiger partial charge in [-0.2, -0.15) is 0 Å². The number of aryl methyl sites for hydroxylation is 2. The summed E-state index contributed by atoms with van der Waals surface area (Å²) in [6.45, 7) is 3.99. The largest absolute Gasteiger partial charge is 0.361 e. The molecule has 20 heavy (non-hydrogen) atoms. The van der Waals surface area contributed by atoms with E-state index in [-0.39, 0.29) is 0 Å². The van der Waals surface area contributed by atoms with Gasteiger partial charge in [0, 0.05) is 30.5 Å². The van der Waals surface area contributed by atoms with Crippen LogP contribution in [-0.4, -0.2) is 16.1 Å². The summed E-state index contributed by atoms with van der Waals surface area (Å²) in [4.78, 5) is 4.63. The predicted octanol–water partition coefficient (Wildman–Crippen LogP) is 4.56. The van der Waals surface area contributed by atoms with Gasteiger partial charge in [0.1, 0.15) is 0 Å². The van der Waals surface area contributed by atoms with E-state index in [9.17, 15) is 0 Å². The third-order valence-corrected chi connectivity index (χ3v) is 4.36. The lowest BCUT2D eigenvalue weighted by Gasteiger charge is -2.03. The molecule has 0 atom stereocenters. The Labute approximate surface area is 127 Å². The minimum absolute atomic E-state index is 0.776. The van der Waals surface area contributed by atoms with Crippen LogP contribution < -0.4 is 5.32 Å². The quantitative estimate of drug-likeness (QED) is 0.700. The lowest BCUT2D eigenvalue weighted by molar-refractivity contribution is 0.665. The Kier molecular flexibility index (Phi) is 3.94. The highest BCUT2D eigenvalue weighted by atomic mass is 35.5. The number of nitrogens with zero attached hydrogens (tertiary/aromatic N) is 2. The van der Waals surface area contributed by atoms with Crippen LogP contribution in [0.1, 0.15) is 12.0 Å². The monoisotopic (exact) mass is 305 g/mol. The molecule has 0 aliphatic rings. The number of hydrogen-bond donors (Lipinski definition) is 1.